The Labute approximate surface area is 121 Å². The Morgan fingerprint density at radius 2 is 1.95 bits per heavy atom. The predicted molar refractivity (Wildman–Crippen MR) is 81.4 cm³/mol. The lowest BCUT2D eigenvalue weighted by Crippen LogP contribution is -2.15. The topological polar surface area (TPSA) is 98.3 Å². The Balaban J connectivity index is 2.28. The largest absolute Gasteiger partial charge is 0.398 e. The fourth-order valence-electron chi connectivity index (χ4n) is 1.99. The number of nitro benzene ring substituents is 1. The normalized spacial score (nSPS) is 10.2. The molecule has 108 valence electrons. The van der Waals surface area contributed by atoms with Gasteiger partial charge in [0.2, 0.25) is 0 Å². The first-order chi connectivity index (χ1) is 9.90. The van der Waals surface area contributed by atoms with Crippen LogP contribution in [0.2, 0.25) is 0 Å². The van der Waals surface area contributed by atoms with Gasteiger partial charge >= 0.3 is 0 Å². The number of carbonyl (C=O) groups is 1. The van der Waals surface area contributed by atoms with E-state index in [0.29, 0.717) is 28.1 Å². The highest BCUT2D eigenvalue weighted by Gasteiger charge is 2.13. The van der Waals surface area contributed by atoms with Crippen molar-refractivity contribution in [3.05, 3.63) is 63.2 Å². The van der Waals surface area contributed by atoms with E-state index in [0.717, 1.165) is 0 Å². The van der Waals surface area contributed by atoms with Gasteiger partial charge in [-0.05, 0) is 43.2 Å². The first-order valence-electron chi connectivity index (χ1n) is 6.31. The molecule has 0 radical (unpaired) electrons. The van der Waals surface area contributed by atoms with Crippen LogP contribution >= 0.6 is 0 Å². The predicted octanol–water partition coefficient (Wildman–Crippen LogP) is 3.05. The summed E-state index contributed by atoms with van der Waals surface area (Å²) in [7, 11) is 0. The maximum Gasteiger partial charge on any atom is 0.269 e. The van der Waals surface area contributed by atoms with Gasteiger partial charge in [0.15, 0.2) is 0 Å². The van der Waals surface area contributed by atoms with Crippen LogP contribution in [0.1, 0.15) is 21.5 Å². The van der Waals surface area contributed by atoms with Crippen LogP contribution in [0.25, 0.3) is 0 Å². The van der Waals surface area contributed by atoms with Crippen molar-refractivity contribution in [2.24, 2.45) is 0 Å². The van der Waals surface area contributed by atoms with E-state index in [4.69, 9.17) is 5.73 Å². The van der Waals surface area contributed by atoms with E-state index >= 15 is 0 Å². The molecule has 21 heavy (non-hydrogen) atoms. The maximum atomic E-state index is 12.3. The van der Waals surface area contributed by atoms with Crippen molar-refractivity contribution in [1.82, 2.24) is 0 Å². The second-order valence-electron chi connectivity index (χ2n) is 4.73. The molecule has 0 saturated heterocycles. The maximum absolute atomic E-state index is 12.3. The number of anilines is 2. The van der Waals surface area contributed by atoms with Crippen LogP contribution in [0, 0.1) is 24.0 Å². The fourth-order valence-corrected chi connectivity index (χ4v) is 1.99. The highest BCUT2D eigenvalue weighted by Crippen LogP contribution is 2.23. The van der Waals surface area contributed by atoms with Crippen molar-refractivity contribution in [3.63, 3.8) is 0 Å². The standard InChI is InChI=1S/C15H15N3O3/c1-9-8-11(18(20)21)6-7-14(9)17-15(19)12-4-3-5-13(16)10(12)2/h3-8H,16H2,1-2H3,(H,17,19). The third kappa shape index (κ3) is 3.00. The van der Waals surface area contributed by atoms with Crippen molar-refractivity contribution in [2.75, 3.05) is 11.1 Å². The summed E-state index contributed by atoms with van der Waals surface area (Å²) in [6.45, 7) is 3.47. The number of rotatable bonds is 3. The van der Waals surface area contributed by atoms with Gasteiger partial charge in [-0.2, -0.15) is 0 Å². The molecule has 0 atom stereocenters. The summed E-state index contributed by atoms with van der Waals surface area (Å²) < 4.78 is 0. The molecule has 6 heteroatoms. The number of nitrogens with one attached hydrogen (secondary N) is 1. The van der Waals surface area contributed by atoms with Gasteiger partial charge in [0.25, 0.3) is 11.6 Å². The second-order valence-corrected chi connectivity index (χ2v) is 4.73. The smallest absolute Gasteiger partial charge is 0.269 e. The van der Waals surface area contributed by atoms with E-state index in [1.807, 2.05) is 0 Å². The molecule has 6 nitrogen and oxygen atoms in total. The van der Waals surface area contributed by atoms with Crippen LogP contribution < -0.4 is 11.1 Å². The zero-order valence-electron chi connectivity index (χ0n) is 11.7. The van der Waals surface area contributed by atoms with E-state index in [9.17, 15) is 14.9 Å². The fraction of sp³-hybridized carbons (Fsp3) is 0.133. The molecule has 0 aliphatic heterocycles. The van der Waals surface area contributed by atoms with Crippen LogP contribution in [-0.4, -0.2) is 10.8 Å². The van der Waals surface area contributed by atoms with Crippen molar-refractivity contribution in [3.8, 4) is 0 Å². The number of non-ortho nitro benzene ring substituents is 1. The third-order valence-corrected chi connectivity index (χ3v) is 3.29. The Morgan fingerprint density at radius 3 is 2.57 bits per heavy atom. The highest BCUT2D eigenvalue weighted by molar-refractivity contribution is 6.06. The molecule has 0 spiro atoms. The van der Waals surface area contributed by atoms with Crippen LogP contribution in [-0.2, 0) is 0 Å². The van der Waals surface area contributed by atoms with Gasteiger partial charge in [0, 0.05) is 29.1 Å². The van der Waals surface area contributed by atoms with Crippen LogP contribution in [0.3, 0.4) is 0 Å². The number of nitrogen functional groups attached to an aromatic ring is 1. The molecule has 2 aromatic rings. The van der Waals surface area contributed by atoms with Crippen molar-refractivity contribution in [2.45, 2.75) is 13.8 Å². The number of nitrogens with two attached hydrogens (primary N) is 1. The van der Waals surface area contributed by atoms with Gasteiger partial charge in [-0.15, -0.1) is 0 Å². The Morgan fingerprint density at radius 1 is 1.24 bits per heavy atom. The minimum Gasteiger partial charge on any atom is -0.398 e. The number of hydrogen-bond acceptors (Lipinski definition) is 4. The average molecular weight is 285 g/mol. The quantitative estimate of drug-likeness (QED) is 0.514. The molecular weight excluding hydrogens is 270 g/mol. The summed E-state index contributed by atoms with van der Waals surface area (Å²) in [5.41, 5.74) is 8.66. The van der Waals surface area contributed by atoms with E-state index < -0.39 is 4.92 Å². The van der Waals surface area contributed by atoms with Crippen molar-refractivity contribution >= 4 is 23.0 Å². The molecule has 0 fully saturated rings. The number of aryl methyl sites for hydroxylation is 1. The number of carbonyl (C=O) groups excluding carboxylic acids is 1. The summed E-state index contributed by atoms with van der Waals surface area (Å²) in [6.07, 6.45) is 0. The first-order valence-corrected chi connectivity index (χ1v) is 6.31. The average Bonchev–Trinajstić information content (AvgIpc) is 2.43. The van der Waals surface area contributed by atoms with E-state index in [1.165, 1.54) is 18.2 Å². The summed E-state index contributed by atoms with van der Waals surface area (Å²) in [4.78, 5) is 22.5. The number of amides is 1. The molecule has 0 unspecified atom stereocenters. The summed E-state index contributed by atoms with van der Waals surface area (Å²) >= 11 is 0. The number of benzene rings is 2. The lowest BCUT2D eigenvalue weighted by atomic mass is 10.1. The molecule has 2 aromatic carbocycles. The van der Waals surface area contributed by atoms with Crippen LogP contribution in [0.15, 0.2) is 36.4 Å². The molecule has 0 aliphatic rings. The number of nitro groups is 1. The van der Waals surface area contributed by atoms with Crippen LogP contribution in [0.5, 0.6) is 0 Å². The van der Waals surface area contributed by atoms with Gasteiger partial charge in [-0.25, -0.2) is 0 Å². The molecule has 0 aromatic heterocycles. The molecule has 0 saturated carbocycles. The van der Waals surface area contributed by atoms with Gasteiger partial charge in [-0.1, -0.05) is 6.07 Å². The minimum atomic E-state index is -0.472. The number of hydrogen-bond donors (Lipinski definition) is 2. The molecule has 0 heterocycles. The molecular formula is C15H15N3O3. The lowest BCUT2D eigenvalue weighted by molar-refractivity contribution is -0.384. The van der Waals surface area contributed by atoms with Gasteiger partial charge < -0.3 is 11.1 Å². The lowest BCUT2D eigenvalue weighted by Gasteiger charge is -2.11. The first kappa shape index (κ1) is 14.5. The van der Waals surface area contributed by atoms with Gasteiger partial charge in [0.1, 0.15) is 0 Å². The molecule has 0 aliphatic carbocycles. The molecule has 2 rings (SSSR count). The second kappa shape index (κ2) is 5.62. The molecule has 0 bridgehead atoms. The van der Waals surface area contributed by atoms with Crippen molar-refractivity contribution in [1.29, 1.82) is 0 Å². The van der Waals surface area contributed by atoms with E-state index in [-0.39, 0.29) is 11.6 Å². The summed E-state index contributed by atoms with van der Waals surface area (Å²) in [5, 5.41) is 13.4. The van der Waals surface area contributed by atoms with Crippen LogP contribution in [0.4, 0.5) is 17.1 Å². The Kier molecular flexibility index (Phi) is 3.89. The highest BCUT2D eigenvalue weighted by atomic mass is 16.6. The molecule has 1 amide bonds. The third-order valence-electron chi connectivity index (χ3n) is 3.29. The van der Waals surface area contributed by atoms with Gasteiger partial charge in [-0.3, -0.25) is 14.9 Å². The number of nitrogens with zero attached hydrogens (tertiary/aromatic N) is 1. The molecule has 3 N–H and O–H groups in total. The Hall–Kier alpha value is -2.89. The monoisotopic (exact) mass is 285 g/mol. The Bertz CT molecular complexity index is 726. The minimum absolute atomic E-state index is 0.00867. The van der Waals surface area contributed by atoms with E-state index in [2.05, 4.69) is 5.32 Å². The SMILES string of the molecule is Cc1cc([N+](=O)[O-])ccc1NC(=O)c1cccc(N)c1C. The van der Waals surface area contributed by atoms with Gasteiger partial charge in [0.05, 0.1) is 4.92 Å². The zero-order valence-corrected chi connectivity index (χ0v) is 11.7. The van der Waals surface area contributed by atoms with Crippen molar-refractivity contribution < 1.29 is 9.72 Å². The summed E-state index contributed by atoms with van der Waals surface area (Å²) in [5.74, 6) is -0.295. The van der Waals surface area contributed by atoms with E-state index in [1.54, 1.807) is 32.0 Å². The zero-order chi connectivity index (χ0) is 15.6. The summed E-state index contributed by atoms with van der Waals surface area (Å²) in [6, 6.07) is 9.41.